The van der Waals surface area contributed by atoms with Crippen molar-refractivity contribution in [1.82, 2.24) is 4.72 Å². The molecule has 0 spiro atoms. The van der Waals surface area contributed by atoms with Crippen molar-refractivity contribution in [2.24, 2.45) is 5.73 Å². The van der Waals surface area contributed by atoms with Crippen LogP contribution in [-0.4, -0.2) is 21.5 Å². The van der Waals surface area contributed by atoms with E-state index in [0.29, 0.717) is 13.0 Å². The van der Waals surface area contributed by atoms with Gasteiger partial charge in [-0.1, -0.05) is 17.9 Å². The van der Waals surface area contributed by atoms with Gasteiger partial charge in [0.05, 0.1) is 11.4 Å². The first-order valence-electron chi connectivity index (χ1n) is 6.43. The number of thiophene rings is 1. The highest BCUT2D eigenvalue weighted by atomic mass is 32.2. The second-order valence-electron chi connectivity index (χ2n) is 4.26. The molecule has 2 rings (SSSR count). The summed E-state index contributed by atoms with van der Waals surface area (Å²) in [5, 5.41) is 1.98. The average molecular weight is 320 g/mol. The molecule has 0 bridgehead atoms. The van der Waals surface area contributed by atoms with Crippen molar-refractivity contribution in [3.8, 4) is 11.8 Å². The lowest BCUT2D eigenvalue weighted by atomic mass is 10.2. The molecule has 0 amide bonds. The van der Waals surface area contributed by atoms with Gasteiger partial charge in [-0.3, -0.25) is 0 Å². The van der Waals surface area contributed by atoms with Crippen molar-refractivity contribution in [3.05, 3.63) is 52.2 Å². The zero-order valence-corrected chi connectivity index (χ0v) is 13.0. The van der Waals surface area contributed by atoms with Crippen molar-refractivity contribution in [1.29, 1.82) is 0 Å². The summed E-state index contributed by atoms with van der Waals surface area (Å²) in [5.41, 5.74) is 6.04. The first-order valence-corrected chi connectivity index (χ1v) is 8.79. The Morgan fingerprint density at radius 2 is 1.95 bits per heavy atom. The maximum absolute atomic E-state index is 12.1. The van der Waals surface area contributed by atoms with Gasteiger partial charge < -0.3 is 5.73 Å². The van der Waals surface area contributed by atoms with E-state index in [0.717, 1.165) is 10.4 Å². The van der Waals surface area contributed by atoms with Gasteiger partial charge in [-0.2, -0.15) is 0 Å². The van der Waals surface area contributed by atoms with Crippen LogP contribution in [0.3, 0.4) is 0 Å². The maximum Gasteiger partial charge on any atom is 0.240 e. The molecule has 110 valence electrons. The molecule has 1 aromatic heterocycles. The Hall–Kier alpha value is -1.65. The summed E-state index contributed by atoms with van der Waals surface area (Å²) < 4.78 is 26.8. The molecule has 0 saturated carbocycles. The molecule has 6 heteroatoms. The Balaban J connectivity index is 1.98. The van der Waals surface area contributed by atoms with Gasteiger partial charge in [-0.05, 0) is 42.1 Å². The van der Waals surface area contributed by atoms with Crippen molar-refractivity contribution < 1.29 is 8.42 Å². The van der Waals surface area contributed by atoms with E-state index in [2.05, 4.69) is 16.6 Å². The zero-order chi connectivity index (χ0) is 15.1. The Labute approximate surface area is 129 Å². The average Bonchev–Trinajstić information content (AvgIpc) is 2.98. The van der Waals surface area contributed by atoms with Crippen LogP contribution in [0.5, 0.6) is 0 Å². The lowest BCUT2D eigenvalue weighted by molar-refractivity contribution is 0.582. The second kappa shape index (κ2) is 7.38. The summed E-state index contributed by atoms with van der Waals surface area (Å²) in [7, 11) is -3.47. The Morgan fingerprint density at radius 3 is 2.57 bits per heavy atom. The Morgan fingerprint density at radius 1 is 1.19 bits per heavy atom. The minimum absolute atomic E-state index is 0.243. The minimum Gasteiger partial charge on any atom is -0.320 e. The number of hydrogen-bond acceptors (Lipinski definition) is 4. The van der Waals surface area contributed by atoms with E-state index in [9.17, 15) is 8.42 Å². The SMILES string of the molecule is NCC#Cc1ccc(S(=O)(=O)NCCc2cccs2)cc1. The van der Waals surface area contributed by atoms with Crippen LogP contribution in [0.2, 0.25) is 0 Å². The maximum atomic E-state index is 12.1. The van der Waals surface area contributed by atoms with Crippen LogP contribution in [0.25, 0.3) is 0 Å². The highest BCUT2D eigenvalue weighted by Gasteiger charge is 2.12. The summed E-state index contributed by atoms with van der Waals surface area (Å²) in [4.78, 5) is 1.40. The molecule has 0 aliphatic rings. The van der Waals surface area contributed by atoms with E-state index < -0.39 is 10.0 Å². The molecular weight excluding hydrogens is 304 g/mol. The van der Waals surface area contributed by atoms with Gasteiger partial charge in [0, 0.05) is 17.0 Å². The van der Waals surface area contributed by atoms with Gasteiger partial charge in [-0.25, -0.2) is 13.1 Å². The highest BCUT2D eigenvalue weighted by Crippen LogP contribution is 2.11. The fourth-order valence-corrected chi connectivity index (χ4v) is 3.46. The van der Waals surface area contributed by atoms with Gasteiger partial charge in [0.1, 0.15) is 0 Å². The fraction of sp³-hybridized carbons (Fsp3) is 0.200. The molecule has 0 saturated heterocycles. The number of sulfonamides is 1. The molecule has 0 aliphatic heterocycles. The van der Waals surface area contributed by atoms with E-state index in [1.807, 2.05) is 17.5 Å². The van der Waals surface area contributed by atoms with Crippen LogP contribution >= 0.6 is 11.3 Å². The van der Waals surface area contributed by atoms with E-state index in [1.54, 1.807) is 35.6 Å². The summed E-state index contributed by atoms with van der Waals surface area (Å²) >= 11 is 1.62. The second-order valence-corrected chi connectivity index (χ2v) is 7.06. The lowest BCUT2D eigenvalue weighted by Crippen LogP contribution is -2.25. The van der Waals surface area contributed by atoms with Crippen LogP contribution in [-0.2, 0) is 16.4 Å². The largest absolute Gasteiger partial charge is 0.320 e. The zero-order valence-electron chi connectivity index (χ0n) is 11.4. The van der Waals surface area contributed by atoms with Crippen molar-refractivity contribution in [2.45, 2.75) is 11.3 Å². The molecular formula is C15H16N2O2S2. The van der Waals surface area contributed by atoms with Crippen LogP contribution in [0.1, 0.15) is 10.4 Å². The van der Waals surface area contributed by atoms with E-state index in [4.69, 9.17) is 5.73 Å². The van der Waals surface area contributed by atoms with Gasteiger partial charge in [0.15, 0.2) is 0 Å². The summed E-state index contributed by atoms with van der Waals surface area (Å²) in [6.45, 7) is 0.669. The standard InChI is InChI=1S/C15H16N2O2S2/c16-10-1-3-13-5-7-15(8-6-13)21(18,19)17-11-9-14-4-2-12-20-14/h2,4-8,12,17H,9-11,16H2. The van der Waals surface area contributed by atoms with Crippen molar-refractivity contribution in [3.63, 3.8) is 0 Å². The van der Waals surface area contributed by atoms with Gasteiger partial charge in [0.2, 0.25) is 10.0 Å². The fourth-order valence-electron chi connectivity index (χ4n) is 1.72. The summed E-state index contributed by atoms with van der Waals surface area (Å²) in [6.07, 6.45) is 0.691. The van der Waals surface area contributed by atoms with E-state index >= 15 is 0 Å². The predicted octanol–water partition coefficient (Wildman–Crippen LogP) is 1.58. The van der Waals surface area contributed by atoms with E-state index in [1.165, 1.54) is 0 Å². The van der Waals surface area contributed by atoms with Crippen LogP contribution in [0, 0.1) is 11.8 Å². The van der Waals surface area contributed by atoms with E-state index in [-0.39, 0.29) is 11.4 Å². The third-order valence-corrected chi connectivity index (χ3v) is 5.16. The predicted molar refractivity (Wildman–Crippen MR) is 85.6 cm³/mol. The number of benzene rings is 1. The van der Waals surface area contributed by atoms with Gasteiger partial charge >= 0.3 is 0 Å². The molecule has 0 aliphatic carbocycles. The molecule has 0 atom stereocenters. The lowest BCUT2D eigenvalue weighted by Gasteiger charge is -2.06. The molecule has 0 unspecified atom stereocenters. The highest BCUT2D eigenvalue weighted by molar-refractivity contribution is 7.89. The summed E-state index contributed by atoms with van der Waals surface area (Å²) in [6, 6.07) is 10.4. The first-order chi connectivity index (χ1) is 10.1. The molecule has 1 aromatic carbocycles. The topological polar surface area (TPSA) is 72.2 Å². The Kier molecular flexibility index (Phi) is 5.53. The Bertz CT molecular complexity index is 724. The van der Waals surface area contributed by atoms with Gasteiger partial charge in [0.25, 0.3) is 0 Å². The number of nitrogens with two attached hydrogens (primary N) is 1. The summed E-state index contributed by atoms with van der Waals surface area (Å²) in [5.74, 6) is 5.58. The number of rotatable bonds is 5. The molecule has 21 heavy (non-hydrogen) atoms. The van der Waals surface area contributed by atoms with Crippen molar-refractivity contribution in [2.75, 3.05) is 13.1 Å². The quantitative estimate of drug-likeness (QED) is 0.822. The minimum atomic E-state index is -3.47. The molecule has 1 heterocycles. The van der Waals surface area contributed by atoms with Crippen LogP contribution in [0.4, 0.5) is 0 Å². The molecule has 3 N–H and O–H groups in total. The third kappa shape index (κ3) is 4.69. The van der Waals surface area contributed by atoms with Crippen LogP contribution < -0.4 is 10.5 Å². The number of hydrogen-bond donors (Lipinski definition) is 2. The van der Waals surface area contributed by atoms with Crippen molar-refractivity contribution >= 4 is 21.4 Å². The number of nitrogens with one attached hydrogen (secondary N) is 1. The normalized spacial score (nSPS) is 10.9. The first kappa shape index (κ1) is 15.7. The molecule has 0 radical (unpaired) electrons. The molecule has 2 aromatic rings. The molecule has 0 fully saturated rings. The third-order valence-electron chi connectivity index (χ3n) is 2.74. The molecule has 4 nitrogen and oxygen atoms in total. The van der Waals surface area contributed by atoms with Crippen LogP contribution in [0.15, 0.2) is 46.7 Å². The van der Waals surface area contributed by atoms with Gasteiger partial charge in [-0.15, -0.1) is 11.3 Å². The monoisotopic (exact) mass is 320 g/mol. The smallest absolute Gasteiger partial charge is 0.240 e.